The first-order valence-corrected chi connectivity index (χ1v) is 12.6. The highest BCUT2D eigenvalue weighted by Gasteiger charge is 2.63. The van der Waals surface area contributed by atoms with Crippen LogP contribution in [0.2, 0.25) is 0 Å². The number of amides is 4. The van der Waals surface area contributed by atoms with Gasteiger partial charge in [0.1, 0.15) is 0 Å². The highest BCUT2D eigenvalue weighted by atomic mass is 16.5. The number of carbonyl (C=O) groups excluding carboxylic acids is 5. The van der Waals surface area contributed by atoms with E-state index in [1.165, 1.54) is 12.0 Å². The minimum absolute atomic E-state index is 0.217. The van der Waals surface area contributed by atoms with Gasteiger partial charge >= 0.3 is 5.97 Å². The van der Waals surface area contributed by atoms with Gasteiger partial charge in [-0.05, 0) is 48.4 Å². The van der Waals surface area contributed by atoms with Gasteiger partial charge in [-0.3, -0.25) is 33.8 Å². The van der Waals surface area contributed by atoms with Gasteiger partial charge in [0.15, 0.2) is 0 Å². The first-order valence-electron chi connectivity index (χ1n) is 12.6. The lowest BCUT2D eigenvalue weighted by atomic mass is 9.61. The van der Waals surface area contributed by atoms with Gasteiger partial charge < -0.3 is 4.74 Å². The molecule has 3 fully saturated rings. The fourth-order valence-electron chi connectivity index (χ4n) is 6.80. The molecule has 0 spiro atoms. The van der Waals surface area contributed by atoms with Crippen LogP contribution in [0.5, 0.6) is 0 Å². The second kappa shape index (κ2) is 9.25. The Balaban J connectivity index is 1.51. The van der Waals surface area contributed by atoms with Gasteiger partial charge in [0.25, 0.3) is 0 Å². The molecule has 2 heterocycles. The fourth-order valence-corrected chi connectivity index (χ4v) is 6.80. The van der Waals surface area contributed by atoms with E-state index in [-0.39, 0.29) is 24.2 Å². The van der Waals surface area contributed by atoms with E-state index in [1.807, 2.05) is 19.9 Å². The van der Waals surface area contributed by atoms with E-state index in [0.29, 0.717) is 24.2 Å². The quantitative estimate of drug-likeness (QED) is 0.442. The number of nitrogens with zero attached hydrogens (tertiary/aromatic N) is 2. The summed E-state index contributed by atoms with van der Waals surface area (Å²) in [6.45, 7) is 3.77. The second-order valence-electron chi connectivity index (χ2n) is 10.7. The maximum absolute atomic E-state index is 13.9. The van der Waals surface area contributed by atoms with Crippen LogP contribution in [0.15, 0.2) is 60.7 Å². The minimum atomic E-state index is -0.924. The summed E-state index contributed by atoms with van der Waals surface area (Å²) in [6, 6.07) is 17.5. The minimum Gasteiger partial charge on any atom is -0.469 e. The third kappa shape index (κ3) is 3.86. The Hall–Kier alpha value is -3.81. The van der Waals surface area contributed by atoms with Crippen LogP contribution in [0, 0.1) is 35.0 Å². The zero-order chi connectivity index (χ0) is 26.5. The van der Waals surface area contributed by atoms with E-state index in [1.54, 1.807) is 54.6 Å². The predicted octanol–water partition coefficient (Wildman–Crippen LogP) is 3.60. The van der Waals surface area contributed by atoms with Crippen LogP contribution in [-0.4, -0.2) is 36.7 Å². The van der Waals surface area contributed by atoms with E-state index in [4.69, 9.17) is 4.74 Å². The molecule has 3 aliphatic rings. The number of hydrogen-bond donors (Lipinski definition) is 0. The van der Waals surface area contributed by atoms with E-state index >= 15 is 0 Å². The summed E-state index contributed by atoms with van der Waals surface area (Å²) in [4.78, 5) is 69.2. The maximum atomic E-state index is 13.9. The Labute approximate surface area is 215 Å². The van der Waals surface area contributed by atoms with Crippen molar-refractivity contribution in [3.05, 3.63) is 60.7 Å². The first kappa shape index (κ1) is 24.9. The predicted molar refractivity (Wildman–Crippen MR) is 135 cm³/mol. The van der Waals surface area contributed by atoms with Crippen molar-refractivity contribution in [3.8, 4) is 0 Å². The van der Waals surface area contributed by atoms with Crippen LogP contribution in [0.3, 0.4) is 0 Å². The van der Waals surface area contributed by atoms with E-state index in [9.17, 15) is 24.0 Å². The summed E-state index contributed by atoms with van der Waals surface area (Å²) in [6.07, 6.45) is 0.880. The monoisotopic (exact) mass is 502 g/mol. The molecule has 0 N–H and O–H groups in total. The second-order valence-corrected chi connectivity index (χ2v) is 10.7. The Morgan fingerprint density at radius 2 is 1.35 bits per heavy atom. The average Bonchev–Trinajstić information content (AvgIpc) is 3.52. The number of esters is 1. The molecule has 1 saturated carbocycles. The summed E-state index contributed by atoms with van der Waals surface area (Å²) in [5, 5.41) is 0. The SMILES string of the molecule is COC(=O)C[C@H]1C(=O)N(c2ccccc2)C(=O)[C@@H]1C(C)(C)[C@@H]1CC[C@@H]2C(=O)N(c3ccccc3)C(=O)[C@@H]21. The van der Waals surface area contributed by atoms with Crippen molar-refractivity contribution >= 4 is 41.0 Å². The largest absolute Gasteiger partial charge is 0.469 e. The van der Waals surface area contributed by atoms with Crippen molar-refractivity contribution in [2.45, 2.75) is 33.1 Å². The van der Waals surface area contributed by atoms with Gasteiger partial charge in [-0.15, -0.1) is 0 Å². The van der Waals surface area contributed by atoms with Gasteiger partial charge in [0.05, 0.1) is 48.6 Å². The Morgan fingerprint density at radius 3 is 1.89 bits per heavy atom. The summed E-state index contributed by atoms with van der Waals surface area (Å²) in [5.41, 5.74) is 0.128. The third-order valence-electron chi connectivity index (χ3n) is 8.53. The number of para-hydroxylation sites is 2. The zero-order valence-electron chi connectivity index (χ0n) is 21.1. The van der Waals surface area contributed by atoms with Gasteiger partial charge in [-0.1, -0.05) is 50.2 Å². The van der Waals surface area contributed by atoms with Gasteiger partial charge in [0.2, 0.25) is 23.6 Å². The summed E-state index contributed by atoms with van der Waals surface area (Å²) in [7, 11) is 1.25. The van der Waals surface area contributed by atoms with Crippen molar-refractivity contribution in [2.75, 3.05) is 16.9 Å². The highest BCUT2D eigenvalue weighted by molar-refractivity contribution is 6.24. The Bertz CT molecular complexity index is 1260. The molecule has 2 aliphatic heterocycles. The topological polar surface area (TPSA) is 101 Å². The van der Waals surface area contributed by atoms with Gasteiger partial charge in [0, 0.05) is 0 Å². The van der Waals surface area contributed by atoms with Crippen molar-refractivity contribution in [1.82, 2.24) is 0 Å². The third-order valence-corrected chi connectivity index (χ3v) is 8.53. The molecule has 5 atom stereocenters. The number of hydrogen-bond acceptors (Lipinski definition) is 6. The Morgan fingerprint density at radius 1 is 0.811 bits per heavy atom. The van der Waals surface area contributed by atoms with Gasteiger partial charge in [-0.25, -0.2) is 0 Å². The molecule has 2 aromatic carbocycles. The molecule has 2 aromatic rings. The molecule has 4 amide bonds. The highest BCUT2D eigenvalue weighted by Crippen LogP contribution is 2.57. The lowest BCUT2D eigenvalue weighted by molar-refractivity contribution is -0.145. The molecule has 0 unspecified atom stereocenters. The molecular formula is C29H30N2O6. The molecule has 8 nitrogen and oxygen atoms in total. The van der Waals surface area contributed by atoms with Crippen LogP contribution in [0.25, 0.3) is 0 Å². The fraction of sp³-hybridized carbons (Fsp3) is 0.414. The van der Waals surface area contributed by atoms with Crippen LogP contribution >= 0.6 is 0 Å². The molecule has 8 heteroatoms. The summed E-state index contributed by atoms with van der Waals surface area (Å²) in [5.74, 6) is -5.05. The normalized spacial score (nSPS) is 27.7. The molecule has 0 aromatic heterocycles. The smallest absolute Gasteiger partial charge is 0.306 e. The van der Waals surface area contributed by atoms with Crippen LogP contribution < -0.4 is 9.80 Å². The molecule has 192 valence electrons. The number of fused-ring (bicyclic) bond motifs is 1. The molecule has 0 bridgehead atoms. The molecule has 0 radical (unpaired) electrons. The molecular weight excluding hydrogens is 472 g/mol. The van der Waals surface area contributed by atoms with E-state index in [0.717, 1.165) is 4.90 Å². The number of ether oxygens (including phenoxy) is 1. The number of rotatable bonds is 6. The maximum Gasteiger partial charge on any atom is 0.306 e. The molecule has 1 aliphatic carbocycles. The van der Waals surface area contributed by atoms with E-state index < -0.39 is 46.9 Å². The van der Waals surface area contributed by atoms with Crippen LogP contribution in [-0.2, 0) is 28.7 Å². The summed E-state index contributed by atoms with van der Waals surface area (Å²) < 4.78 is 4.86. The molecule has 2 saturated heterocycles. The van der Waals surface area contributed by atoms with Crippen LogP contribution in [0.4, 0.5) is 11.4 Å². The van der Waals surface area contributed by atoms with Crippen molar-refractivity contribution < 1.29 is 28.7 Å². The molecule has 5 rings (SSSR count). The number of benzene rings is 2. The number of anilines is 2. The Kier molecular flexibility index (Phi) is 6.22. The molecule has 37 heavy (non-hydrogen) atoms. The number of methoxy groups -OCH3 is 1. The number of carbonyl (C=O) groups is 5. The van der Waals surface area contributed by atoms with E-state index in [2.05, 4.69) is 0 Å². The average molecular weight is 503 g/mol. The standard InChI is InChI=1S/C29H30N2O6/c1-29(2,21-15-14-19-23(21)27(35)30(25(19)33)17-10-6-4-7-11-17)24-20(16-22(32)37-3)26(34)31(28(24)36)18-12-8-5-9-13-18/h4-13,19-21,23-24H,14-16H2,1-3H3/t19-,20+,21+,23-,24+/m0/s1. The summed E-state index contributed by atoms with van der Waals surface area (Å²) >= 11 is 0. The zero-order valence-corrected chi connectivity index (χ0v) is 21.1. The first-order chi connectivity index (χ1) is 17.7. The van der Waals surface area contributed by atoms with Crippen molar-refractivity contribution in [3.63, 3.8) is 0 Å². The number of imide groups is 2. The van der Waals surface area contributed by atoms with Crippen molar-refractivity contribution in [2.24, 2.45) is 35.0 Å². The van der Waals surface area contributed by atoms with Crippen LogP contribution in [0.1, 0.15) is 33.1 Å². The van der Waals surface area contributed by atoms with Crippen molar-refractivity contribution in [1.29, 1.82) is 0 Å². The van der Waals surface area contributed by atoms with Gasteiger partial charge in [-0.2, -0.15) is 0 Å². The lowest BCUT2D eigenvalue weighted by Gasteiger charge is -2.40. The lowest BCUT2D eigenvalue weighted by Crippen LogP contribution is -2.44.